The van der Waals surface area contributed by atoms with E-state index in [4.69, 9.17) is 0 Å². The molecule has 0 bridgehead atoms. The quantitative estimate of drug-likeness (QED) is 0.567. The highest BCUT2D eigenvalue weighted by molar-refractivity contribution is 6.19. The molecule has 3 heteroatoms. The summed E-state index contributed by atoms with van der Waals surface area (Å²) in [5.41, 5.74) is 0.327. The van der Waals surface area contributed by atoms with Gasteiger partial charge in [0.25, 0.3) is 5.91 Å². The number of amides is 1. The highest BCUT2D eigenvalue weighted by atomic mass is 16.2. The lowest BCUT2D eigenvalue weighted by atomic mass is 9.75. The van der Waals surface area contributed by atoms with E-state index in [0.29, 0.717) is 12.0 Å². The second-order valence-electron chi connectivity index (χ2n) is 5.63. The molecule has 1 saturated heterocycles. The van der Waals surface area contributed by atoms with Gasteiger partial charge in [-0.3, -0.25) is 9.59 Å². The minimum Gasteiger partial charge on any atom is -0.339 e. The van der Waals surface area contributed by atoms with Crippen LogP contribution in [-0.2, 0) is 9.59 Å². The van der Waals surface area contributed by atoms with Gasteiger partial charge in [0.05, 0.1) is 5.57 Å². The third-order valence-electron chi connectivity index (χ3n) is 3.95. The van der Waals surface area contributed by atoms with E-state index in [1.54, 1.807) is 0 Å². The van der Waals surface area contributed by atoms with Gasteiger partial charge in [0.1, 0.15) is 0 Å². The minimum atomic E-state index is -0.0830. The summed E-state index contributed by atoms with van der Waals surface area (Å²) in [6.45, 7) is 7.44. The average Bonchev–Trinajstić information content (AvgIpc) is 2.86. The SMILES string of the molecule is C=CCC1(C)C=C(C(=O)N2CCCC2)C(=O)CC1. The van der Waals surface area contributed by atoms with Crippen LogP contribution >= 0.6 is 0 Å². The van der Waals surface area contributed by atoms with Crippen molar-refractivity contribution in [1.82, 2.24) is 4.90 Å². The first-order chi connectivity index (χ1) is 8.56. The molecule has 0 spiro atoms. The molecule has 1 aliphatic heterocycles. The second-order valence-corrected chi connectivity index (χ2v) is 5.63. The van der Waals surface area contributed by atoms with Gasteiger partial charge in [-0.25, -0.2) is 0 Å². The Morgan fingerprint density at radius 3 is 2.78 bits per heavy atom. The maximum atomic E-state index is 12.3. The maximum Gasteiger partial charge on any atom is 0.257 e. The minimum absolute atomic E-state index is 0.00781. The van der Waals surface area contributed by atoms with Crippen molar-refractivity contribution >= 4 is 11.7 Å². The molecule has 1 fully saturated rings. The number of nitrogens with zero attached hydrogens (tertiary/aromatic N) is 1. The van der Waals surface area contributed by atoms with Crippen molar-refractivity contribution in [1.29, 1.82) is 0 Å². The van der Waals surface area contributed by atoms with Gasteiger partial charge in [0, 0.05) is 19.5 Å². The number of ketones is 1. The van der Waals surface area contributed by atoms with E-state index < -0.39 is 0 Å². The largest absolute Gasteiger partial charge is 0.339 e. The summed E-state index contributed by atoms with van der Waals surface area (Å²) in [7, 11) is 0. The molecular formula is C15H21NO2. The lowest BCUT2D eigenvalue weighted by Gasteiger charge is -2.30. The number of likely N-dealkylation sites (tertiary alicyclic amines) is 1. The molecule has 2 aliphatic rings. The summed E-state index contributed by atoms with van der Waals surface area (Å²) in [5, 5.41) is 0. The normalized spacial score (nSPS) is 28.2. The third-order valence-corrected chi connectivity index (χ3v) is 3.95. The molecule has 98 valence electrons. The van der Waals surface area contributed by atoms with E-state index in [9.17, 15) is 9.59 Å². The Kier molecular flexibility index (Phi) is 3.69. The molecule has 18 heavy (non-hydrogen) atoms. The lowest BCUT2D eigenvalue weighted by molar-refractivity contribution is -0.129. The number of carbonyl (C=O) groups is 2. The van der Waals surface area contributed by atoms with E-state index in [0.717, 1.165) is 38.8 Å². The first-order valence-electron chi connectivity index (χ1n) is 6.72. The van der Waals surface area contributed by atoms with Crippen LogP contribution in [0, 0.1) is 5.41 Å². The first kappa shape index (κ1) is 13.1. The Morgan fingerprint density at radius 1 is 1.50 bits per heavy atom. The van der Waals surface area contributed by atoms with Crippen LogP contribution in [0.5, 0.6) is 0 Å². The summed E-state index contributed by atoms with van der Waals surface area (Å²) in [6, 6.07) is 0. The van der Waals surface area contributed by atoms with E-state index in [-0.39, 0.29) is 17.1 Å². The van der Waals surface area contributed by atoms with Gasteiger partial charge >= 0.3 is 0 Å². The fourth-order valence-corrected chi connectivity index (χ4v) is 2.80. The molecule has 0 saturated carbocycles. The summed E-state index contributed by atoms with van der Waals surface area (Å²) in [4.78, 5) is 26.1. The highest BCUT2D eigenvalue weighted by Gasteiger charge is 2.34. The van der Waals surface area contributed by atoms with Gasteiger partial charge in [0.2, 0.25) is 0 Å². The molecule has 1 aliphatic carbocycles. The van der Waals surface area contributed by atoms with Gasteiger partial charge in [-0.1, -0.05) is 19.1 Å². The second kappa shape index (κ2) is 5.09. The molecule has 0 aromatic rings. The number of Topliss-reactive ketones (excluding diaryl/α,β-unsaturated/α-hetero) is 1. The van der Waals surface area contributed by atoms with Crippen LogP contribution in [0.4, 0.5) is 0 Å². The van der Waals surface area contributed by atoms with Gasteiger partial charge in [-0.05, 0) is 31.1 Å². The Balaban J connectivity index is 2.22. The van der Waals surface area contributed by atoms with Gasteiger partial charge in [0.15, 0.2) is 5.78 Å². The molecule has 1 amide bonds. The lowest BCUT2D eigenvalue weighted by Crippen LogP contribution is -2.35. The van der Waals surface area contributed by atoms with Crippen LogP contribution in [0.1, 0.15) is 39.0 Å². The zero-order valence-electron chi connectivity index (χ0n) is 11.1. The molecule has 0 radical (unpaired) electrons. The van der Waals surface area contributed by atoms with E-state index in [1.807, 2.05) is 17.1 Å². The van der Waals surface area contributed by atoms with Crippen molar-refractivity contribution in [2.24, 2.45) is 5.41 Å². The topological polar surface area (TPSA) is 37.4 Å². The van der Waals surface area contributed by atoms with Crippen molar-refractivity contribution in [3.8, 4) is 0 Å². The van der Waals surface area contributed by atoms with Crippen molar-refractivity contribution in [2.75, 3.05) is 13.1 Å². The summed E-state index contributed by atoms with van der Waals surface area (Å²) in [5.74, 6) is -0.0547. The van der Waals surface area contributed by atoms with Gasteiger partial charge in [-0.15, -0.1) is 6.58 Å². The molecule has 0 N–H and O–H groups in total. The van der Waals surface area contributed by atoms with Crippen LogP contribution in [0.15, 0.2) is 24.3 Å². The first-order valence-corrected chi connectivity index (χ1v) is 6.72. The zero-order chi connectivity index (χ0) is 13.2. The van der Waals surface area contributed by atoms with Crippen LogP contribution < -0.4 is 0 Å². The van der Waals surface area contributed by atoms with Gasteiger partial charge in [-0.2, -0.15) is 0 Å². The van der Waals surface area contributed by atoms with Crippen molar-refractivity contribution in [3.05, 3.63) is 24.3 Å². The van der Waals surface area contributed by atoms with Crippen molar-refractivity contribution < 1.29 is 9.59 Å². The fourth-order valence-electron chi connectivity index (χ4n) is 2.80. The molecule has 0 aromatic carbocycles. The van der Waals surface area contributed by atoms with E-state index in [1.165, 1.54) is 0 Å². The number of hydrogen-bond acceptors (Lipinski definition) is 2. The summed E-state index contributed by atoms with van der Waals surface area (Å²) < 4.78 is 0. The smallest absolute Gasteiger partial charge is 0.257 e. The molecule has 1 heterocycles. The van der Waals surface area contributed by atoms with Crippen LogP contribution in [0.3, 0.4) is 0 Å². The Morgan fingerprint density at radius 2 is 2.17 bits per heavy atom. The van der Waals surface area contributed by atoms with E-state index in [2.05, 4.69) is 13.5 Å². The molecule has 1 unspecified atom stereocenters. The van der Waals surface area contributed by atoms with Crippen LogP contribution in [0.2, 0.25) is 0 Å². The van der Waals surface area contributed by atoms with Gasteiger partial charge < -0.3 is 4.90 Å². The van der Waals surface area contributed by atoms with Crippen molar-refractivity contribution in [3.63, 3.8) is 0 Å². The predicted octanol–water partition coefficient (Wildman–Crippen LogP) is 2.48. The molecule has 1 atom stereocenters. The summed E-state index contributed by atoms with van der Waals surface area (Å²) in [6.07, 6.45) is 7.97. The number of rotatable bonds is 3. The predicted molar refractivity (Wildman–Crippen MR) is 71.1 cm³/mol. The average molecular weight is 247 g/mol. The standard InChI is InChI=1S/C15H21NO2/c1-3-7-15(2)8-6-13(17)12(11-15)14(18)16-9-4-5-10-16/h3,11H,1,4-10H2,2H3. The number of hydrogen-bond donors (Lipinski definition) is 0. The zero-order valence-corrected chi connectivity index (χ0v) is 11.1. The van der Waals surface area contributed by atoms with Crippen LogP contribution in [-0.4, -0.2) is 29.7 Å². The Bertz CT molecular complexity index is 405. The van der Waals surface area contributed by atoms with Crippen molar-refractivity contribution in [2.45, 2.75) is 39.0 Å². The highest BCUT2D eigenvalue weighted by Crippen LogP contribution is 2.36. The summed E-state index contributed by atoms with van der Waals surface area (Å²) >= 11 is 0. The molecule has 2 rings (SSSR count). The Labute approximate surface area is 109 Å². The Hall–Kier alpha value is -1.38. The monoisotopic (exact) mass is 247 g/mol. The number of allylic oxidation sites excluding steroid dienone is 2. The maximum absolute atomic E-state index is 12.3. The van der Waals surface area contributed by atoms with E-state index >= 15 is 0 Å². The number of carbonyl (C=O) groups excluding carboxylic acids is 2. The molecular weight excluding hydrogens is 226 g/mol. The van der Waals surface area contributed by atoms with Crippen LogP contribution in [0.25, 0.3) is 0 Å². The molecule has 0 aromatic heterocycles. The molecule has 3 nitrogen and oxygen atoms in total. The fraction of sp³-hybridized carbons (Fsp3) is 0.600. The third kappa shape index (κ3) is 2.55.